The molecule has 0 aliphatic rings. The van der Waals surface area contributed by atoms with E-state index in [1.54, 1.807) is 51.9 Å². The zero-order chi connectivity index (χ0) is 32.2. The summed E-state index contributed by atoms with van der Waals surface area (Å²) >= 11 is 0. The van der Waals surface area contributed by atoms with Crippen LogP contribution < -0.4 is 0 Å². The smallest absolute Gasteiger partial charge is 0.354 e. The molecule has 10 nitrogen and oxygen atoms in total. The number of rotatable bonds is 11. The number of hydrogen-bond acceptors (Lipinski definition) is 6. The fraction of sp³-hybridized carbons (Fsp3) is 0.111. The molecule has 0 saturated heterocycles. The predicted molar refractivity (Wildman–Crippen MR) is 171 cm³/mol. The molecule has 0 unspecified atom stereocenters. The maximum Gasteiger partial charge on any atom is 0.354 e. The van der Waals surface area contributed by atoms with Gasteiger partial charge in [-0.1, -0.05) is 66.7 Å². The summed E-state index contributed by atoms with van der Waals surface area (Å²) < 4.78 is 3.34. The van der Waals surface area contributed by atoms with Crippen LogP contribution in [0.5, 0.6) is 11.5 Å². The van der Waals surface area contributed by atoms with E-state index in [0.29, 0.717) is 23.6 Å². The van der Waals surface area contributed by atoms with Gasteiger partial charge in [-0.05, 0) is 58.1 Å². The number of aliphatic carboxylic acids is 1. The number of aromatic carboxylic acids is 1. The van der Waals surface area contributed by atoms with Gasteiger partial charge in [0.1, 0.15) is 11.5 Å². The highest BCUT2D eigenvalue weighted by Gasteiger charge is 2.20. The minimum atomic E-state index is -1.10. The average molecular weight is 615 g/mol. The topological polar surface area (TPSA) is 151 Å². The van der Waals surface area contributed by atoms with Gasteiger partial charge in [0, 0.05) is 25.1 Å². The molecular formula is C36H30N4O6. The van der Waals surface area contributed by atoms with Gasteiger partial charge in [-0.15, -0.1) is 0 Å². The quantitative estimate of drug-likeness (QED) is 0.142. The second-order valence-corrected chi connectivity index (χ2v) is 11.0. The number of aromatic nitrogens is 4. The Morgan fingerprint density at radius 2 is 1.30 bits per heavy atom. The number of benzene rings is 4. The van der Waals surface area contributed by atoms with Crippen LogP contribution in [-0.2, 0) is 30.7 Å². The number of phenolic OH excluding ortho intramolecular Hbond substituents is 2. The van der Waals surface area contributed by atoms with Crippen LogP contribution in [-0.4, -0.2) is 51.5 Å². The van der Waals surface area contributed by atoms with Gasteiger partial charge >= 0.3 is 11.9 Å². The highest BCUT2D eigenvalue weighted by atomic mass is 16.4. The molecular weight excluding hydrogens is 584 g/mol. The third-order valence-electron chi connectivity index (χ3n) is 7.65. The van der Waals surface area contributed by atoms with E-state index in [1.807, 2.05) is 60.7 Å². The first-order chi connectivity index (χ1) is 22.2. The minimum absolute atomic E-state index is 0.0555. The Labute approximate surface area is 264 Å². The summed E-state index contributed by atoms with van der Waals surface area (Å²) in [6.07, 6.45) is 3.17. The first-order valence-corrected chi connectivity index (χ1v) is 14.5. The number of phenols is 2. The summed E-state index contributed by atoms with van der Waals surface area (Å²) in [5, 5.41) is 40.1. The van der Waals surface area contributed by atoms with Crippen LogP contribution in [0, 0.1) is 0 Å². The van der Waals surface area contributed by atoms with Crippen molar-refractivity contribution in [3.63, 3.8) is 0 Å². The Balaban J connectivity index is 1.27. The number of carboxylic acids is 2. The Morgan fingerprint density at radius 3 is 2.07 bits per heavy atom. The summed E-state index contributed by atoms with van der Waals surface area (Å²) in [6, 6.07) is 28.9. The zero-order valence-electron chi connectivity index (χ0n) is 24.6. The lowest BCUT2D eigenvalue weighted by Gasteiger charge is -2.12. The van der Waals surface area contributed by atoms with E-state index in [9.17, 15) is 30.0 Å². The molecule has 0 saturated carbocycles. The van der Waals surface area contributed by atoms with Crippen molar-refractivity contribution in [1.29, 1.82) is 0 Å². The maximum absolute atomic E-state index is 12.3. The lowest BCUT2D eigenvalue weighted by Crippen LogP contribution is -2.11. The summed E-state index contributed by atoms with van der Waals surface area (Å²) in [6.45, 7) is 0.537. The highest BCUT2D eigenvalue weighted by molar-refractivity contribution is 5.87. The minimum Gasteiger partial charge on any atom is -0.508 e. The van der Waals surface area contributed by atoms with E-state index in [1.165, 1.54) is 6.33 Å². The Hall–Kier alpha value is -6.16. The lowest BCUT2D eigenvalue weighted by molar-refractivity contribution is -0.136. The molecule has 0 aliphatic heterocycles. The highest BCUT2D eigenvalue weighted by Crippen LogP contribution is 2.29. The molecule has 0 atom stereocenters. The molecule has 2 aromatic heterocycles. The Kier molecular flexibility index (Phi) is 8.34. The van der Waals surface area contributed by atoms with Crippen LogP contribution in [0.3, 0.4) is 0 Å². The SMILES string of the molecule is O=C(O)Cc1c(-c2ccccc2)ncn1Cc1cc(O)cc(-c2cccc(Cc3ncn(Cc4cccc(O)c4)c3C(=O)O)c2)c1. The van der Waals surface area contributed by atoms with Crippen molar-refractivity contribution < 1.29 is 30.0 Å². The van der Waals surface area contributed by atoms with E-state index in [-0.39, 0.29) is 36.6 Å². The van der Waals surface area contributed by atoms with Crippen LogP contribution in [0.1, 0.15) is 38.6 Å². The summed E-state index contributed by atoms with van der Waals surface area (Å²) in [5.41, 5.74) is 6.34. The molecule has 0 radical (unpaired) electrons. The number of hydrogen-bond donors (Lipinski definition) is 4. The third kappa shape index (κ3) is 6.66. The number of carboxylic acid groups (broad SMARTS) is 2. The fourth-order valence-corrected chi connectivity index (χ4v) is 5.66. The predicted octanol–water partition coefficient (Wildman–Crippen LogP) is 5.84. The van der Waals surface area contributed by atoms with Gasteiger partial charge in [-0.25, -0.2) is 14.8 Å². The number of nitrogens with zero attached hydrogens (tertiary/aromatic N) is 4. The van der Waals surface area contributed by atoms with Crippen molar-refractivity contribution in [3.8, 4) is 33.9 Å². The van der Waals surface area contributed by atoms with Gasteiger partial charge < -0.3 is 29.6 Å². The standard InChI is InChI=1S/C36H30N4O6/c41-29-11-5-7-24(14-29)19-40-21-37-31(35(40)36(45)46)16-23-6-4-10-27(12-23)28-13-25(15-30(42)17-28)20-39-22-38-34(32(39)18-33(43)44)26-8-2-1-3-9-26/h1-15,17,21-22,41-42H,16,18-20H2,(H,43,44)(H,45,46). The maximum atomic E-state index is 12.3. The molecule has 4 aromatic carbocycles. The first-order valence-electron chi connectivity index (χ1n) is 14.5. The molecule has 0 amide bonds. The molecule has 230 valence electrons. The molecule has 6 rings (SSSR count). The van der Waals surface area contributed by atoms with E-state index >= 15 is 0 Å². The molecule has 0 spiro atoms. The Morgan fingerprint density at radius 1 is 0.630 bits per heavy atom. The second-order valence-electron chi connectivity index (χ2n) is 11.0. The van der Waals surface area contributed by atoms with Crippen molar-refractivity contribution in [1.82, 2.24) is 19.1 Å². The van der Waals surface area contributed by atoms with Gasteiger partial charge in [0.2, 0.25) is 0 Å². The van der Waals surface area contributed by atoms with E-state index in [2.05, 4.69) is 9.97 Å². The fourth-order valence-electron chi connectivity index (χ4n) is 5.66. The molecule has 10 heteroatoms. The van der Waals surface area contributed by atoms with Gasteiger partial charge in [0.05, 0.1) is 36.2 Å². The molecule has 6 aromatic rings. The van der Waals surface area contributed by atoms with Crippen LogP contribution in [0.4, 0.5) is 0 Å². The van der Waals surface area contributed by atoms with Crippen LogP contribution in [0.2, 0.25) is 0 Å². The summed E-state index contributed by atoms with van der Waals surface area (Å²) in [7, 11) is 0. The normalized spacial score (nSPS) is 11.0. The van der Waals surface area contributed by atoms with Crippen LogP contribution in [0.25, 0.3) is 22.4 Å². The van der Waals surface area contributed by atoms with Crippen molar-refractivity contribution in [2.45, 2.75) is 25.9 Å². The van der Waals surface area contributed by atoms with Gasteiger partial charge in [-0.3, -0.25) is 4.79 Å². The van der Waals surface area contributed by atoms with E-state index in [4.69, 9.17) is 0 Å². The van der Waals surface area contributed by atoms with Gasteiger partial charge in [-0.2, -0.15) is 0 Å². The van der Waals surface area contributed by atoms with Crippen molar-refractivity contribution >= 4 is 11.9 Å². The Bertz CT molecular complexity index is 2050. The average Bonchev–Trinajstić information content (AvgIpc) is 3.60. The van der Waals surface area contributed by atoms with Gasteiger partial charge in [0.15, 0.2) is 5.69 Å². The third-order valence-corrected chi connectivity index (χ3v) is 7.65. The molecule has 0 aliphatic carbocycles. The lowest BCUT2D eigenvalue weighted by atomic mass is 9.98. The molecule has 0 fully saturated rings. The van der Waals surface area contributed by atoms with Crippen molar-refractivity contribution in [3.05, 3.63) is 143 Å². The van der Waals surface area contributed by atoms with Gasteiger partial charge in [0.25, 0.3) is 0 Å². The van der Waals surface area contributed by atoms with Crippen LogP contribution >= 0.6 is 0 Å². The van der Waals surface area contributed by atoms with E-state index < -0.39 is 11.9 Å². The monoisotopic (exact) mass is 614 g/mol. The zero-order valence-corrected chi connectivity index (χ0v) is 24.6. The second kappa shape index (κ2) is 12.8. The summed E-state index contributed by atoms with van der Waals surface area (Å²) in [4.78, 5) is 32.9. The van der Waals surface area contributed by atoms with Crippen molar-refractivity contribution in [2.75, 3.05) is 0 Å². The molecule has 46 heavy (non-hydrogen) atoms. The van der Waals surface area contributed by atoms with Crippen molar-refractivity contribution in [2.24, 2.45) is 0 Å². The van der Waals surface area contributed by atoms with Crippen LogP contribution in [0.15, 0.2) is 110 Å². The largest absolute Gasteiger partial charge is 0.508 e. The molecule has 4 N–H and O–H groups in total. The number of aromatic hydroxyl groups is 2. The summed E-state index contributed by atoms with van der Waals surface area (Å²) in [5.74, 6) is -1.91. The number of carbonyl (C=O) groups is 2. The molecule has 2 heterocycles. The van der Waals surface area contributed by atoms with E-state index in [0.717, 1.165) is 33.4 Å². The molecule has 0 bridgehead atoms. The number of imidazole rings is 2. The first kappa shape index (κ1) is 29.9.